The number of hydrogen-bond acceptors (Lipinski definition) is 4. The van der Waals surface area contributed by atoms with Crippen LogP contribution in [0.15, 0.2) is 4.99 Å². The maximum atomic E-state index is 4.32. The number of rotatable bonds is 1. The molecule has 0 saturated heterocycles. The van der Waals surface area contributed by atoms with Crippen molar-refractivity contribution in [2.24, 2.45) is 12.0 Å². The first-order valence-electron chi connectivity index (χ1n) is 4.74. The van der Waals surface area contributed by atoms with Gasteiger partial charge in [-0.3, -0.25) is 9.67 Å². The first kappa shape index (κ1) is 11.8. The minimum Gasteiger partial charge on any atom is -0.354 e. The van der Waals surface area contributed by atoms with Crippen LogP contribution in [0.25, 0.3) is 0 Å². The highest BCUT2D eigenvalue weighted by Crippen LogP contribution is 2.18. The van der Waals surface area contributed by atoms with Gasteiger partial charge in [-0.1, -0.05) is 0 Å². The van der Waals surface area contributed by atoms with E-state index in [9.17, 15) is 0 Å². The second-order valence-corrected chi connectivity index (χ2v) is 3.45. The van der Waals surface area contributed by atoms with Gasteiger partial charge in [0.1, 0.15) is 0 Å². The van der Waals surface area contributed by atoms with E-state index in [2.05, 4.69) is 20.7 Å². The quantitative estimate of drug-likeness (QED) is 0.750. The van der Waals surface area contributed by atoms with E-state index in [1.165, 1.54) is 0 Å². The molecule has 0 aromatic carbocycles. The molecule has 6 heteroatoms. The molecule has 2 heterocycles. The van der Waals surface area contributed by atoms with Gasteiger partial charge in [0.2, 0.25) is 0 Å². The minimum absolute atomic E-state index is 0. The van der Waals surface area contributed by atoms with Crippen molar-refractivity contribution < 1.29 is 0 Å². The fourth-order valence-corrected chi connectivity index (χ4v) is 1.55. The van der Waals surface area contributed by atoms with Gasteiger partial charge >= 0.3 is 0 Å². The average Bonchev–Trinajstić information content (AvgIpc) is 2.71. The molecule has 1 aliphatic heterocycles. The third kappa shape index (κ3) is 2.23. The van der Waals surface area contributed by atoms with E-state index < -0.39 is 0 Å². The number of hydrogen-bond donors (Lipinski definition) is 2. The Bertz CT molecular complexity index is 382. The normalized spacial score (nSPS) is 14.2. The lowest BCUT2D eigenvalue weighted by atomic mass is 10.3. The molecule has 0 saturated carbocycles. The lowest BCUT2D eigenvalue weighted by molar-refractivity contribution is 0.731. The fraction of sp³-hybridized carbons (Fsp3) is 0.556. The molecule has 84 valence electrons. The summed E-state index contributed by atoms with van der Waals surface area (Å²) in [5.74, 6) is 0.851. The molecule has 2 N–H and O–H groups in total. The molecule has 2 rings (SSSR count). The van der Waals surface area contributed by atoms with E-state index in [0.717, 1.165) is 36.1 Å². The third-order valence-electron chi connectivity index (χ3n) is 2.43. The largest absolute Gasteiger partial charge is 0.354 e. The van der Waals surface area contributed by atoms with Gasteiger partial charge in [-0.25, -0.2) is 0 Å². The van der Waals surface area contributed by atoms with Crippen LogP contribution in [0.4, 0.5) is 5.69 Å². The molecule has 15 heavy (non-hydrogen) atoms. The molecule has 1 aromatic rings. The van der Waals surface area contributed by atoms with Crippen LogP contribution in [-0.4, -0.2) is 28.8 Å². The molecule has 0 radical (unpaired) electrons. The van der Waals surface area contributed by atoms with Gasteiger partial charge in [0, 0.05) is 13.6 Å². The lowest BCUT2D eigenvalue weighted by Gasteiger charge is -2.06. The van der Waals surface area contributed by atoms with Crippen LogP contribution in [-0.2, 0) is 7.05 Å². The number of halogens is 1. The van der Waals surface area contributed by atoms with E-state index >= 15 is 0 Å². The number of aromatic nitrogens is 2. The smallest absolute Gasteiger partial charge is 0.196 e. The molecule has 0 unspecified atom stereocenters. The highest BCUT2D eigenvalue weighted by atomic mass is 35.5. The average molecular weight is 230 g/mol. The van der Waals surface area contributed by atoms with Crippen LogP contribution in [0.2, 0.25) is 0 Å². The second-order valence-electron chi connectivity index (χ2n) is 3.45. The maximum absolute atomic E-state index is 4.32. The summed E-state index contributed by atoms with van der Waals surface area (Å²) in [6.07, 6.45) is 0. The summed E-state index contributed by atoms with van der Waals surface area (Å²) < 4.78 is 1.87. The summed E-state index contributed by atoms with van der Waals surface area (Å²) in [6, 6.07) is 0. The van der Waals surface area contributed by atoms with Gasteiger partial charge < -0.3 is 10.6 Å². The Morgan fingerprint density at radius 3 is 2.60 bits per heavy atom. The monoisotopic (exact) mass is 229 g/mol. The molecular formula is C9H16ClN5. The molecule has 5 nitrogen and oxygen atoms in total. The van der Waals surface area contributed by atoms with Gasteiger partial charge in [-0.2, -0.15) is 5.10 Å². The number of nitrogens with zero attached hydrogens (tertiary/aromatic N) is 3. The van der Waals surface area contributed by atoms with Crippen molar-refractivity contribution in [3.8, 4) is 0 Å². The first-order chi connectivity index (χ1) is 6.68. The standard InChI is InChI=1S/C9H15N5.ClH/c1-6-8(7(2)14(3)13-6)12-9-10-4-5-11-9;/h4-5H2,1-3H3,(H2,10,11,12);1H. The Hall–Kier alpha value is -1.23. The number of guanidine groups is 1. The van der Waals surface area contributed by atoms with Crippen LogP contribution in [0.1, 0.15) is 11.4 Å². The molecule has 0 spiro atoms. The van der Waals surface area contributed by atoms with E-state index in [0.29, 0.717) is 0 Å². The summed E-state index contributed by atoms with van der Waals surface area (Å²) in [6.45, 7) is 5.80. The highest BCUT2D eigenvalue weighted by molar-refractivity contribution is 5.95. The molecule has 1 aliphatic rings. The Morgan fingerprint density at radius 2 is 2.13 bits per heavy atom. The summed E-state index contributed by atoms with van der Waals surface area (Å²) in [5.41, 5.74) is 3.18. The van der Waals surface area contributed by atoms with Crippen LogP contribution in [0, 0.1) is 13.8 Å². The van der Waals surface area contributed by atoms with E-state index in [1.807, 2.05) is 25.6 Å². The number of anilines is 1. The molecule has 0 atom stereocenters. The molecular weight excluding hydrogens is 214 g/mol. The summed E-state index contributed by atoms with van der Waals surface area (Å²) in [4.78, 5) is 4.28. The predicted octanol–water partition coefficient (Wildman–Crippen LogP) is 0.830. The SMILES string of the molecule is Cc1nn(C)c(C)c1NC1=NCCN1.Cl. The van der Waals surface area contributed by atoms with Crippen LogP contribution in [0.5, 0.6) is 0 Å². The fourth-order valence-electron chi connectivity index (χ4n) is 1.55. The zero-order valence-electron chi connectivity index (χ0n) is 9.16. The van der Waals surface area contributed by atoms with Crippen molar-refractivity contribution in [2.75, 3.05) is 18.4 Å². The Labute approximate surface area is 95.4 Å². The van der Waals surface area contributed by atoms with Crippen molar-refractivity contribution in [3.05, 3.63) is 11.4 Å². The van der Waals surface area contributed by atoms with Gasteiger partial charge in [0.25, 0.3) is 0 Å². The maximum Gasteiger partial charge on any atom is 0.196 e. The predicted molar refractivity (Wildman–Crippen MR) is 63.9 cm³/mol. The van der Waals surface area contributed by atoms with Crippen LogP contribution < -0.4 is 10.6 Å². The van der Waals surface area contributed by atoms with Crippen molar-refractivity contribution in [3.63, 3.8) is 0 Å². The van der Waals surface area contributed by atoms with Crippen molar-refractivity contribution >= 4 is 24.1 Å². The molecule has 0 aliphatic carbocycles. The topological polar surface area (TPSA) is 54.2 Å². The lowest BCUT2D eigenvalue weighted by Crippen LogP contribution is -2.26. The Morgan fingerprint density at radius 1 is 1.40 bits per heavy atom. The zero-order chi connectivity index (χ0) is 10.1. The van der Waals surface area contributed by atoms with Crippen molar-refractivity contribution in [2.45, 2.75) is 13.8 Å². The summed E-state index contributed by atoms with van der Waals surface area (Å²) >= 11 is 0. The first-order valence-corrected chi connectivity index (χ1v) is 4.74. The zero-order valence-corrected chi connectivity index (χ0v) is 9.98. The molecule has 0 bridgehead atoms. The number of aryl methyl sites for hydroxylation is 2. The van der Waals surface area contributed by atoms with E-state index in [1.54, 1.807) is 0 Å². The van der Waals surface area contributed by atoms with Gasteiger partial charge in [0.05, 0.1) is 23.6 Å². The molecule has 0 amide bonds. The van der Waals surface area contributed by atoms with Gasteiger partial charge in [-0.05, 0) is 13.8 Å². The highest BCUT2D eigenvalue weighted by Gasteiger charge is 2.12. The molecule has 1 aromatic heterocycles. The second kappa shape index (κ2) is 4.53. The van der Waals surface area contributed by atoms with Crippen molar-refractivity contribution in [1.82, 2.24) is 15.1 Å². The molecule has 0 fully saturated rings. The number of nitrogens with one attached hydrogen (secondary N) is 2. The summed E-state index contributed by atoms with van der Waals surface area (Å²) in [7, 11) is 1.94. The van der Waals surface area contributed by atoms with Crippen LogP contribution in [0.3, 0.4) is 0 Å². The van der Waals surface area contributed by atoms with Gasteiger partial charge in [-0.15, -0.1) is 12.4 Å². The van der Waals surface area contributed by atoms with E-state index in [-0.39, 0.29) is 12.4 Å². The van der Waals surface area contributed by atoms with E-state index in [4.69, 9.17) is 0 Å². The van der Waals surface area contributed by atoms with Crippen LogP contribution >= 0.6 is 12.4 Å². The van der Waals surface area contributed by atoms with Crippen molar-refractivity contribution in [1.29, 1.82) is 0 Å². The Balaban J connectivity index is 0.00000112. The summed E-state index contributed by atoms with van der Waals surface area (Å²) in [5, 5.41) is 10.7. The minimum atomic E-state index is 0. The third-order valence-corrected chi connectivity index (χ3v) is 2.43. The van der Waals surface area contributed by atoms with Gasteiger partial charge in [0.15, 0.2) is 5.96 Å². The Kier molecular flexibility index (Phi) is 3.57. The number of aliphatic imine (C=N–C) groups is 1.